The average molecular weight is 570 g/mol. The van der Waals surface area contributed by atoms with E-state index in [0.717, 1.165) is 59.9 Å². The number of nitrogens with zero attached hydrogens (tertiary/aromatic N) is 3. The van der Waals surface area contributed by atoms with Gasteiger partial charge in [0.25, 0.3) is 0 Å². The molecule has 1 aliphatic rings. The highest BCUT2D eigenvalue weighted by Crippen LogP contribution is 2.27. The number of hydrogen-bond acceptors (Lipinski definition) is 4. The van der Waals surface area contributed by atoms with Gasteiger partial charge in [-0.3, -0.25) is 10.1 Å². The predicted octanol–water partition coefficient (Wildman–Crippen LogP) is 7.21. The molecule has 0 spiro atoms. The van der Waals surface area contributed by atoms with E-state index in [1.54, 1.807) is 16.0 Å². The zero-order chi connectivity index (χ0) is 29.0. The van der Waals surface area contributed by atoms with Gasteiger partial charge in [0.15, 0.2) is 0 Å². The van der Waals surface area contributed by atoms with E-state index in [9.17, 15) is 9.59 Å². The molecule has 0 radical (unpaired) electrons. The highest BCUT2D eigenvalue weighted by Gasteiger charge is 2.24. The SMILES string of the molecule is Cc1ccc(-n2nc(C(C)(C)C)cc2NC(=O)Nc2ccc(CC3CCN(C(=O)Cc4cccs4)CC3)cc2)cc1. The van der Waals surface area contributed by atoms with Gasteiger partial charge in [0.05, 0.1) is 17.8 Å². The minimum absolute atomic E-state index is 0.158. The van der Waals surface area contributed by atoms with E-state index in [1.165, 1.54) is 5.56 Å². The van der Waals surface area contributed by atoms with Crippen LogP contribution in [0.1, 0.15) is 55.3 Å². The number of carbonyl (C=O) groups excluding carboxylic acids is 2. The molecule has 1 fully saturated rings. The van der Waals surface area contributed by atoms with Crippen molar-refractivity contribution in [3.8, 4) is 5.69 Å². The summed E-state index contributed by atoms with van der Waals surface area (Å²) in [5.41, 5.74) is 4.77. The zero-order valence-electron chi connectivity index (χ0n) is 24.3. The first-order chi connectivity index (χ1) is 19.6. The average Bonchev–Trinajstić information content (AvgIpc) is 3.61. The maximum Gasteiger partial charge on any atom is 0.324 e. The molecule has 4 aromatic rings. The molecular formula is C33H39N5O2S. The lowest BCUT2D eigenvalue weighted by molar-refractivity contribution is -0.131. The summed E-state index contributed by atoms with van der Waals surface area (Å²) in [6.45, 7) is 10.0. The number of piperidine rings is 1. The Balaban J connectivity index is 1.15. The van der Waals surface area contributed by atoms with Gasteiger partial charge in [-0.1, -0.05) is 56.7 Å². The Bertz CT molecular complexity index is 1460. The Labute approximate surface area is 246 Å². The third kappa shape index (κ3) is 7.44. The predicted molar refractivity (Wildman–Crippen MR) is 167 cm³/mol. The molecule has 41 heavy (non-hydrogen) atoms. The molecule has 1 saturated heterocycles. The second-order valence-electron chi connectivity index (χ2n) is 12.0. The molecule has 0 unspecified atom stereocenters. The molecule has 2 N–H and O–H groups in total. The lowest BCUT2D eigenvalue weighted by Crippen LogP contribution is -2.39. The van der Waals surface area contributed by atoms with Gasteiger partial charge in [-0.25, -0.2) is 9.48 Å². The van der Waals surface area contributed by atoms with Crippen molar-refractivity contribution in [2.24, 2.45) is 5.92 Å². The second kappa shape index (κ2) is 12.3. The van der Waals surface area contributed by atoms with E-state index >= 15 is 0 Å². The Morgan fingerprint density at radius 1 is 0.976 bits per heavy atom. The number of aromatic nitrogens is 2. The van der Waals surface area contributed by atoms with Crippen molar-refractivity contribution >= 4 is 34.8 Å². The van der Waals surface area contributed by atoms with Crippen LogP contribution in [0.5, 0.6) is 0 Å². The number of hydrogen-bond donors (Lipinski definition) is 2. The highest BCUT2D eigenvalue weighted by atomic mass is 32.1. The van der Waals surface area contributed by atoms with Gasteiger partial charge in [-0.05, 0) is 73.4 Å². The van der Waals surface area contributed by atoms with Crippen molar-refractivity contribution < 1.29 is 9.59 Å². The number of urea groups is 1. The van der Waals surface area contributed by atoms with Crippen LogP contribution in [0.2, 0.25) is 0 Å². The molecule has 0 bridgehead atoms. The molecule has 0 saturated carbocycles. The van der Waals surface area contributed by atoms with E-state index in [1.807, 2.05) is 71.8 Å². The number of likely N-dealkylation sites (tertiary alicyclic amines) is 1. The fraction of sp³-hybridized carbons (Fsp3) is 0.364. The monoisotopic (exact) mass is 569 g/mol. The van der Waals surface area contributed by atoms with E-state index in [0.29, 0.717) is 18.2 Å². The third-order valence-corrected chi connectivity index (χ3v) is 8.48. The lowest BCUT2D eigenvalue weighted by Gasteiger charge is -2.32. The normalized spacial score (nSPS) is 14.2. The molecule has 5 rings (SSSR count). The van der Waals surface area contributed by atoms with Gasteiger partial charge in [0, 0.05) is 35.1 Å². The number of nitrogens with one attached hydrogen (secondary N) is 2. The van der Waals surface area contributed by atoms with Crippen molar-refractivity contribution in [1.82, 2.24) is 14.7 Å². The van der Waals surface area contributed by atoms with Crippen LogP contribution in [0, 0.1) is 12.8 Å². The van der Waals surface area contributed by atoms with Crippen molar-refractivity contribution in [3.63, 3.8) is 0 Å². The van der Waals surface area contributed by atoms with Crippen LogP contribution in [0.15, 0.2) is 72.1 Å². The summed E-state index contributed by atoms with van der Waals surface area (Å²) in [6, 6.07) is 21.8. The van der Waals surface area contributed by atoms with Gasteiger partial charge in [0.2, 0.25) is 5.91 Å². The summed E-state index contributed by atoms with van der Waals surface area (Å²) in [4.78, 5) is 28.7. The third-order valence-electron chi connectivity index (χ3n) is 7.61. The van der Waals surface area contributed by atoms with Crippen molar-refractivity contribution in [1.29, 1.82) is 0 Å². The molecule has 2 aromatic heterocycles. The summed E-state index contributed by atoms with van der Waals surface area (Å²) in [5.74, 6) is 1.41. The Hall–Kier alpha value is -3.91. The Kier molecular flexibility index (Phi) is 8.59. The van der Waals surface area contributed by atoms with Crippen LogP contribution in [0.4, 0.5) is 16.3 Å². The first-order valence-corrected chi connectivity index (χ1v) is 15.2. The molecular weight excluding hydrogens is 530 g/mol. The minimum atomic E-state index is -0.314. The highest BCUT2D eigenvalue weighted by molar-refractivity contribution is 7.10. The summed E-state index contributed by atoms with van der Waals surface area (Å²) in [7, 11) is 0. The Morgan fingerprint density at radius 2 is 1.68 bits per heavy atom. The molecule has 1 aliphatic heterocycles. The number of benzene rings is 2. The number of carbonyl (C=O) groups is 2. The van der Waals surface area contributed by atoms with E-state index in [-0.39, 0.29) is 17.4 Å². The molecule has 3 amide bonds. The van der Waals surface area contributed by atoms with Crippen LogP contribution in [-0.2, 0) is 23.1 Å². The summed E-state index contributed by atoms with van der Waals surface area (Å²) in [6.07, 6.45) is 3.52. The Morgan fingerprint density at radius 3 is 2.32 bits per heavy atom. The van der Waals surface area contributed by atoms with Gasteiger partial charge in [-0.15, -0.1) is 11.3 Å². The first-order valence-electron chi connectivity index (χ1n) is 14.3. The molecule has 7 nitrogen and oxygen atoms in total. The van der Waals surface area contributed by atoms with E-state index in [2.05, 4.69) is 43.5 Å². The maximum absolute atomic E-state index is 13.0. The first kappa shape index (κ1) is 28.6. The summed E-state index contributed by atoms with van der Waals surface area (Å²) >= 11 is 1.64. The van der Waals surface area contributed by atoms with Gasteiger partial charge >= 0.3 is 6.03 Å². The fourth-order valence-electron chi connectivity index (χ4n) is 5.12. The van der Waals surface area contributed by atoms with Crippen LogP contribution in [-0.4, -0.2) is 39.7 Å². The van der Waals surface area contributed by atoms with E-state index in [4.69, 9.17) is 5.10 Å². The molecule has 8 heteroatoms. The number of rotatable bonds is 7. The van der Waals surface area contributed by atoms with Crippen LogP contribution < -0.4 is 10.6 Å². The van der Waals surface area contributed by atoms with Crippen molar-refractivity contribution in [2.75, 3.05) is 23.7 Å². The lowest BCUT2D eigenvalue weighted by atomic mass is 9.90. The number of aryl methyl sites for hydroxylation is 1. The fourth-order valence-corrected chi connectivity index (χ4v) is 5.81. The van der Waals surface area contributed by atoms with Crippen LogP contribution in [0.25, 0.3) is 5.69 Å². The molecule has 214 valence electrons. The summed E-state index contributed by atoms with van der Waals surface area (Å²) < 4.78 is 1.78. The molecule has 0 aliphatic carbocycles. The zero-order valence-corrected chi connectivity index (χ0v) is 25.1. The quantitative estimate of drug-likeness (QED) is 0.247. The number of thiophene rings is 1. The molecule has 3 heterocycles. The maximum atomic E-state index is 13.0. The second-order valence-corrected chi connectivity index (χ2v) is 13.0. The standard InChI is InChI=1S/C33H39N5O2S/c1-23-7-13-27(14-8-23)38-30(22-29(36-38)33(2,3)4)35-32(40)34-26-11-9-24(10-12-26)20-25-15-17-37(18-16-25)31(39)21-28-6-5-19-41-28/h5-14,19,22,25H,15-18,20-21H2,1-4H3,(H2,34,35,40). The minimum Gasteiger partial charge on any atom is -0.342 e. The van der Waals surface area contributed by atoms with Crippen LogP contribution >= 0.6 is 11.3 Å². The van der Waals surface area contributed by atoms with Crippen LogP contribution in [0.3, 0.4) is 0 Å². The van der Waals surface area contributed by atoms with Crippen molar-refractivity contribution in [3.05, 3.63) is 93.8 Å². The number of anilines is 2. The summed E-state index contributed by atoms with van der Waals surface area (Å²) in [5, 5.41) is 12.8. The van der Waals surface area contributed by atoms with Gasteiger partial charge in [-0.2, -0.15) is 5.10 Å². The largest absolute Gasteiger partial charge is 0.342 e. The number of amides is 3. The van der Waals surface area contributed by atoms with Gasteiger partial charge in [0.1, 0.15) is 5.82 Å². The molecule has 2 aromatic carbocycles. The molecule has 0 atom stereocenters. The topological polar surface area (TPSA) is 79.3 Å². The van der Waals surface area contributed by atoms with Gasteiger partial charge < -0.3 is 10.2 Å². The smallest absolute Gasteiger partial charge is 0.324 e. The van der Waals surface area contributed by atoms with E-state index < -0.39 is 0 Å². The van der Waals surface area contributed by atoms with Crippen molar-refractivity contribution in [2.45, 2.75) is 58.8 Å².